The van der Waals surface area contributed by atoms with Gasteiger partial charge >= 0.3 is 0 Å². The summed E-state index contributed by atoms with van der Waals surface area (Å²) in [6.45, 7) is 4.91. The molecule has 0 bridgehead atoms. The number of nitrogens with zero attached hydrogens (tertiary/aromatic N) is 2. The highest BCUT2D eigenvalue weighted by atomic mass is 16.6. The van der Waals surface area contributed by atoms with E-state index in [1.165, 1.54) is 25.3 Å². The lowest BCUT2D eigenvalue weighted by Gasteiger charge is -2.09. The number of rotatable bonds is 4. The number of aromatic nitrogens is 1. The van der Waals surface area contributed by atoms with E-state index in [0.29, 0.717) is 16.9 Å². The topological polar surface area (TPSA) is 82.3 Å². The molecule has 0 atom stereocenters. The zero-order chi connectivity index (χ0) is 15.6. The third kappa shape index (κ3) is 3.22. The van der Waals surface area contributed by atoms with E-state index in [9.17, 15) is 14.9 Å². The standard InChI is InChI=1S/C15H14N2O4/c1-9-6-10(2)14(8-13(9)17(19)20)21-15-7-12(11(3)18)4-5-16-15/h4-8H,1-3H3. The van der Waals surface area contributed by atoms with Gasteiger partial charge in [-0.2, -0.15) is 0 Å². The summed E-state index contributed by atoms with van der Waals surface area (Å²) < 4.78 is 5.58. The van der Waals surface area contributed by atoms with Crippen molar-refractivity contribution in [1.82, 2.24) is 4.98 Å². The Balaban J connectivity index is 2.39. The van der Waals surface area contributed by atoms with E-state index >= 15 is 0 Å². The number of pyridine rings is 1. The summed E-state index contributed by atoms with van der Waals surface area (Å²) in [5.74, 6) is 0.471. The zero-order valence-corrected chi connectivity index (χ0v) is 11.9. The van der Waals surface area contributed by atoms with Crippen molar-refractivity contribution in [2.45, 2.75) is 20.8 Å². The second kappa shape index (κ2) is 5.70. The number of nitro groups is 1. The first-order valence-electron chi connectivity index (χ1n) is 6.29. The van der Waals surface area contributed by atoms with Crippen LogP contribution < -0.4 is 4.74 Å². The van der Waals surface area contributed by atoms with Gasteiger partial charge in [0, 0.05) is 23.4 Å². The molecule has 0 aliphatic heterocycles. The summed E-state index contributed by atoms with van der Waals surface area (Å²) in [4.78, 5) is 25.9. The van der Waals surface area contributed by atoms with Crippen molar-refractivity contribution >= 4 is 11.5 Å². The average molecular weight is 286 g/mol. The SMILES string of the molecule is CC(=O)c1ccnc(Oc2cc([N+](=O)[O-])c(C)cc2C)c1. The van der Waals surface area contributed by atoms with Crippen molar-refractivity contribution in [3.05, 3.63) is 57.3 Å². The first-order chi connectivity index (χ1) is 9.88. The number of ketones is 1. The van der Waals surface area contributed by atoms with Gasteiger partial charge in [0.05, 0.1) is 11.0 Å². The predicted molar refractivity (Wildman–Crippen MR) is 76.9 cm³/mol. The molecule has 0 aliphatic carbocycles. The van der Waals surface area contributed by atoms with E-state index in [1.54, 1.807) is 26.0 Å². The third-order valence-corrected chi connectivity index (χ3v) is 3.05. The molecule has 1 aromatic heterocycles. The van der Waals surface area contributed by atoms with Crippen molar-refractivity contribution < 1.29 is 14.5 Å². The van der Waals surface area contributed by atoms with Crippen molar-refractivity contribution in [3.63, 3.8) is 0 Å². The number of hydrogen-bond acceptors (Lipinski definition) is 5. The van der Waals surface area contributed by atoms with Crippen LogP contribution in [-0.2, 0) is 0 Å². The first-order valence-corrected chi connectivity index (χ1v) is 6.29. The molecule has 6 nitrogen and oxygen atoms in total. The Morgan fingerprint density at radius 1 is 1.24 bits per heavy atom. The quantitative estimate of drug-likeness (QED) is 0.487. The molecule has 0 N–H and O–H groups in total. The van der Waals surface area contributed by atoms with Gasteiger partial charge < -0.3 is 4.74 Å². The van der Waals surface area contributed by atoms with Crippen LogP contribution >= 0.6 is 0 Å². The van der Waals surface area contributed by atoms with E-state index in [0.717, 1.165) is 5.56 Å². The number of Topliss-reactive ketones (excluding diaryl/α,β-unsaturated/α-hetero) is 1. The smallest absolute Gasteiger partial charge is 0.276 e. The molecule has 0 spiro atoms. The summed E-state index contributed by atoms with van der Waals surface area (Å²) in [6.07, 6.45) is 1.46. The van der Waals surface area contributed by atoms with Crippen LogP contribution in [-0.4, -0.2) is 15.7 Å². The molecule has 0 aliphatic rings. The minimum atomic E-state index is -0.457. The number of aryl methyl sites for hydroxylation is 2. The minimum absolute atomic E-state index is 0.0154. The molecule has 1 aromatic carbocycles. The lowest BCUT2D eigenvalue weighted by atomic mass is 10.1. The van der Waals surface area contributed by atoms with E-state index in [4.69, 9.17) is 4.74 Å². The molecule has 0 unspecified atom stereocenters. The van der Waals surface area contributed by atoms with E-state index in [1.807, 2.05) is 0 Å². The Hall–Kier alpha value is -2.76. The molecule has 6 heteroatoms. The van der Waals surface area contributed by atoms with Crippen LogP contribution in [0.1, 0.15) is 28.4 Å². The van der Waals surface area contributed by atoms with Crippen LogP contribution in [0.25, 0.3) is 0 Å². The molecule has 0 radical (unpaired) electrons. The van der Waals surface area contributed by atoms with Gasteiger partial charge in [0.15, 0.2) is 5.78 Å². The van der Waals surface area contributed by atoms with Gasteiger partial charge in [0.1, 0.15) is 5.75 Å². The molecule has 2 aromatic rings. The fourth-order valence-electron chi connectivity index (χ4n) is 1.93. The molecule has 0 saturated heterocycles. The molecular weight excluding hydrogens is 272 g/mol. The summed E-state index contributed by atoms with van der Waals surface area (Å²) in [5.41, 5.74) is 1.78. The van der Waals surface area contributed by atoms with Gasteiger partial charge in [0.25, 0.3) is 5.69 Å². The van der Waals surface area contributed by atoms with Gasteiger partial charge in [-0.3, -0.25) is 14.9 Å². The number of carbonyl (C=O) groups excluding carboxylic acids is 1. The van der Waals surface area contributed by atoms with Crippen LogP contribution in [0.15, 0.2) is 30.5 Å². The van der Waals surface area contributed by atoms with E-state index in [-0.39, 0.29) is 17.4 Å². The normalized spacial score (nSPS) is 10.2. The van der Waals surface area contributed by atoms with Gasteiger partial charge in [-0.15, -0.1) is 0 Å². The lowest BCUT2D eigenvalue weighted by molar-refractivity contribution is -0.385. The number of carbonyl (C=O) groups is 1. The zero-order valence-electron chi connectivity index (χ0n) is 11.9. The van der Waals surface area contributed by atoms with Crippen LogP contribution in [0.4, 0.5) is 5.69 Å². The van der Waals surface area contributed by atoms with Crippen LogP contribution in [0.2, 0.25) is 0 Å². The highest BCUT2D eigenvalue weighted by Crippen LogP contribution is 2.31. The number of benzene rings is 1. The Morgan fingerprint density at radius 2 is 1.95 bits per heavy atom. The van der Waals surface area contributed by atoms with Crippen LogP contribution in [0, 0.1) is 24.0 Å². The average Bonchev–Trinajstić information content (AvgIpc) is 2.41. The number of hydrogen-bond donors (Lipinski definition) is 0. The molecule has 21 heavy (non-hydrogen) atoms. The Morgan fingerprint density at radius 3 is 2.57 bits per heavy atom. The summed E-state index contributed by atoms with van der Waals surface area (Å²) in [5, 5.41) is 11.0. The highest BCUT2D eigenvalue weighted by Gasteiger charge is 2.15. The maximum atomic E-state index is 11.3. The van der Waals surface area contributed by atoms with Gasteiger partial charge in [-0.25, -0.2) is 4.98 Å². The molecule has 0 amide bonds. The second-order valence-corrected chi connectivity index (χ2v) is 4.70. The predicted octanol–water partition coefficient (Wildman–Crippen LogP) is 3.60. The summed E-state index contributed by atoms with van der Waals surface area (Å²) in [7, 11) is 0. The van der Waals surface area contributed by atoms with E-state index < -0.39 is 4.92 Å². The third-order valence-electron chi connectivity index (χ3n) is 3.05. The van der Waals surface area contributed by atoms with Crippen molar-refractivity contribution in [2.24, 2.45) is 0 Å². The maximum absolute atomic E-state index is 11.3. The highest BCUT2D eigenvalue weighted by molar-refractivity contribution is 5.94. The summed E-state index contributed by atoms with van der Waals surface area (Å²) >= 11 is 0. The Kier molecular flexibility index (Phi) is 3.98. The first kappa shape index (κ1) is 14.6. The van der Waals surface area contributed by atoms with Crippen molar-refractivity contribution in [2.75, 3.05) is 0 Å². The summed E-state index contributed by atoms with van der Waals surface area (Å²) in [6, 6.07) is 6.14. The van der Waals surface area contributed by atoms with Gasteiger partial charge in [-0.1, -0.05) is 0 Å². The lowest BCUT2D eigenvalue weighted by Crippen LogP contribution is -1.98. The number of nitro benzene ring substituents is 1. The maximum Gasteiger partial charge on any atom is 0.276 e. The largest absolute Gasteiger partial charge is 0.438 e. The number of ether oxygens (including phenoxy) is 1. The van der Waals surface area contributed by atoms with Crippen molar-refractivity contribution in [3.8, 4) is 11.6 Å². The molecule has 1 heterocycles. The molecule has 2 rings (SSSR count). The minimum Gasteiger partial charge on any atom is -0.438 e. The van der Waals surface area contributed by atoms with Gasteiger partial charge in [0.2, 0.25) is 5.88 Å². The molecule has 108 valence electrons. The monoisotopic (exact) mass is 286 g/mol. The molecular formula is C15H14N2O4. The van der Waals surface area contributed by atoms with E-state index in [2.05, 4.69) is 4.98 Å². The second-order valence-electron chi connectivity index (χ2n) is 4.70. The Bertz CT molecular complexity index is 726. The Labute approximate surface area is 121 Å². The molecule has 0 saturated carbocycles. The molecule has 0 fully saturated rings. The van der Waals surface area contributed by atoms with Crippen LogP contribution in [0.5, 0.6) is 11.6 Å². The fraction of sp³-hybridized carbons (Fsp3) is 0.200. The fourth-order valence-corrected chi connectivity index (χ4v) is 1.93. The van der Waals surface area contributed by atoms with Crippen LogP contribution in [0.3, 0.4) is 0 Å². The van der Waals surface area contributed by atoms with Gasteiger partial charge in [-0.05, 0) is 38.5 Å². The van der Waals surface area contributed by atoms with Crippen molar-refractivity contribution in [1.29, 1.82) is 0 Å².